The van der Waals surface area contributed by atoms with Crippen molar-refractivity contribution in [2.75, 3.05) is 26.3 Å². The van der Waals surface area contributed by atoms with Crippen molar-refractivity contribution in [1.82, 2.24) is 4.90 Å². The number of nitrogens with two attached hydrogens (primary N) is 1. The zero-order chi connectivity index (χ0) is 10.9. The molecule has 2 saturated heterocycles. The molecule has 4 nitrogen and oxygen atoms in total. The maximum absolute atomic E-state index is 11.1. The van der Waals surface area contributed by atoms with Crippen molar-refractivity contribution in [2.45, 2.75) is 32.2 Å². The van der Waals surface area contributed by atoms with Gasteiger partial charge in [0.1, 0.15) is 0 Å². The van der Waals surface area contributed by atoms with Gasteiger partial charge in [-0.25, -0.2) is 0 Å². The smallest absolute Gasteiger partial charge is 0.234 e. The van der Waals surface area contributed by atoms with Gasteiger partial charge in [-0.2, -0.15) is 0 Å². The number of hydrogen-bond donors (Lipinski definition) is 1. The Morgan fingerprint density at radius 1 is 1.40 bits per heavy atom. The Kier molecular flexibility index (Phi) is 2.98. The van der Waals surface area contributed by atoms with Crippen LogP contribution in [0.25, 0.3) is 0 Å². The van der Waals surface area contributed by atoms with E-state index in [1.807, 2.05) is 6.92 Å². The summed E-state index contributed by atoms with van der Waals surface area (Å²) in [5, 5.41) is 0. The van der Waals surface area contributed by atoms with E-state index in [1.165, 1.54) is 6.42 Å². The van der Waals surface area contributed by atoms with Gasteiger partial charge in [0, 0.05) is 6.61 Å². The molecule has 4 heteroatoms. The summed E-state index contributed by atoms with van der Waals surface area (Å²) in [6.07, 6.45) is 3.47. The molecule has 0 bridgehead atoms. The monoisotopic (exact) mass is 212 g/mol. The number of amides is 1. The second kappa shape index (κ2) is 4.10. The van der Waals surface area contributed by atoms with Gasteiger partial charge in [0.2, 0.25) is 5.91 Å². The van der Waals surface area contributed by atoms with Crippen LogP contribution in [0.2, 0.25) is 0 Å². The molecule has 0 saturated carbocycles. The Morgan fingerprint density at radius 2 is 2.07 bits per heavy atom. The zero-order valence-corrected chi connectivity index (χ0v) is 9.37. The lowest BCUT2D eigenvalue weighted by molar-refractivity contribution is -0.123. The fourth-order valence-corrected chi connectivity index (χ4v) is 2.61. The summed E-state index contributed by atoms with van der Waals surface area (Å²) in [6, 6.07) is -0.121. The van der Waals surface area contributed by atoms with E-state index in [9.17, 15) is 4.79 Å². The van der Waals surface area contributed by atoms with Crippen molar-refractivity contribution in [3.8, 4) is 0 Å². The Labute approximate surface area is 90.8 Å². The van der Waals surface area contributed by atoms with Crippen LogP contribution >= 0.6 is 0 Å². The summed E-state index contributed by atoms with van der Waals surface area (Å²) in [5.74, 6) is -0.214. The van der Waals surface area contributed by atoms with Crippen molar-refractivity contribution >= 4 is 5.91 Å². The Hall–Kier alpha value is -0.610. The van der Waals surface area contributed by atoms with Crippen molar-refractivity contribution in [2.24, 2.45) is 11.1 Å². The van der Waals surface area contributed by atoms with Gasteiger partial charge in [-0.1, -0.05) is 0 Å². The molecule has 0 aromatic rings. The minimum atomic E-state index is -0.214. The van der Waals surface area contributed by atoms with E-state index in [0.29, 0.717) is 5.41 Å². The molecule has 1 unspecified atom stereocenters. The van der Waals surface area contributed by atoms with Crippen LogP contribution in [0.3, 0.4) is 0 Å². The van der Waals surface area contributed by atoms with Crippen molar-refractivity contribution in [1.29, 1.82) is 0 Å². The first-order valence-electron chi connectivity index (χ1n) is 5.74. The molecular formula is C11H20N2O2. The van der Waals surface area contributed by atoms with E-state index in [0.717, 1.165) is 39.1 Å². The summed E-state index contributed by atoms with van der Waals surface area (Å²) in [6.45, 7) is 5.67. The predicted molar refractivity (Wildman–Crippen MR) is 57.3 cm³/mol. The summed E-state index contributed by atoms with van der Waals surface area (Å²) in [7, 11) is 0. The quantitative estimate of drug-likeness (QED) is 0.719. The molecule has 1 spiro atoms. The van der Waals surface area contributed by atoms with Crippen LogP contribution in [0.15, 0.2) is 0 Å². The van der Waals surface area contributed by atoms with Gasteiger partial charge in [-0.05, 0) is 44.7 Å². The van der Waals surface area contributed by atoms with Gasteiger partial charge < -0.3 is 10.5 Å². The lowest BCUT2D eigenvalue weighted by Gasteiger charge is -2.40. The third kappa shape index (κ3) is 2.16. The molecule has 0 aliphatic carbocycles. The van der Waals surface area contributed by atoms with Gasteiger partial charge in [0.25, 0.3) is 0 Å². The molecule has 2 rings (SSSR count). The maximum atomic E-state index is 11.1. The number of carbonyl (C=O) groups is 1. The first-order valence-corrected chi connectivity index (χ1v) is 5.74. The average molecular weight is 212 g/mol. The minimum absolute atomic E-state index is 0.121. The topological polar surface area (TPSA) is 55.6 Å². The van der Waals surface area contributed by atoms with E-state index in [4.69, 9.17) is 10.5 Å². The minimum Gasteiger partial charge on any atom is -0.381 e. The van der Waals surface area contributed by atoms with Crippen LogP contribution in [0.4, 0.5) is 0 Å². The maximum Gasteiger partial charge on any atom is 0.234 e. The number of hydrogen-bond acceptors (Lipinski definition) is 3. The second-order valence-electron chi connectivity index (χ2n) is 4.92. The highest BCUT2D eigenvalue weighted by Crippen LogP contribution is 2.39. The number of carbonyl (C=O) groups excluding carboxylic acids is 1. The second-order valence-corrected chi connectivity index (χ2v) is 4.92. The van der Waals surface area contributed by atoms with Crippen LogP contribution < -0.4 is 5.73 Å². The fraction of sp³-hybridized carbons (Fsp3) is 0.909. The molecule has 2 heterocycles. The number of nitrogens with zero attached hydrogens (tertiary/aromatic N) is 1. The number of ether oxygens (including phenoxy) is 1. The molecule has 2 aliphatic heterocycles. The van der Waals surface area contributed by atoms with Crippen LogP contribution in [-0.2, 0) is 9.53 Å². The number of piperidine rings is 1. The fourth-order valence-electron chi connectivity index (χ4n) is 2.61. The molecule has 0 aromatic carbocycles. The lowest BCUT2D eigenvalue weighted by atomic mass is 9.78. The highest BCUT2D eigenvalue weighted by atomic mass is 16.5. The standard InChI is InChI=1S/C11H20N2O2/c1-9(10(12)14)13-5-2-11(3-6-13)4-7-15-8-11/h9H,2-8H2,1H3,(H2,12,14). The van der Waals surface area contributed by atoms with Crippen molar-refractivity contribution in [3.63, 3.8) is 0 Å². The normalized spacial score (nSPS) is 28.1. The molecule has 0 radical (unpaired) electrons. The number of rotatable bonds is 2. The molecule has 0 aromatic heterocycles. The molecule has 2 aliphatic rings. The molecule has 1 amide bonds. The van der Waals surface area contributed by atoms with Crippen LogP contribution in [0, 0.1) is 5.41 Å². The van der Waals surface area contributed by atoms with E-state index >= 15 is 0 Å². The SMILES string of the molecule is CC(C(N)=O)N1CCC2(CCOC2)CC1. The molecule has 2 fully saturated rings. The third-order valence-electron chi connectivity index (χ3n) is 4.00. The summed E-state index contributed by atoms with van der Waals surface area (Å²) >= 11 is 0. The highest BCUT2D eigenvalue weighted by molar-refractivity contribution is 5.79. The Balaban J connectivity index is 1.89. The molecule has 15 heavy (non-hydrogen) atoms. The average Bonchev–Trinajstić information content (AvgIpc) is 2.67. The first-order chi connectivity index (χ1) is 7.13. The van der Waals surface area contributed by atoms with Crippen LogP contribution in [0.5, 0.6) is 0 Å². The first kappa shape index (κ1) is 10.9. The predicted octanol–water partition coefficient (Wildman–Crippen LogP) is 0.363. The van der Waals surface area contributed by atoms with E-state index < -0.39 is 0 Å². The molecular weight excluding hydrogens is 192 g/mol. The van der Waals surface area contributed by atoms with Crippen LogP contribution in [-0.4, -0.2) is 43.2 Å². The third-order valence-corrected chi connectivity index (χ3v) is 4.00. The van der Waals surface area contributed by atoms with Gasteiger partial charge in [-0.15, -0.1) is 0 Å². The summed E-state index contributed by atoms with van der Waals surface area (Å²) < 4.78 is 5.47. The van der Waals surface area contributed by atoms with Gasteiger partial charge in [0.05, 0.1) is 12.6 Å². The molecule has 2 N–H and O–H groups in total. The van der Waals surface area contributed by atoms with E-state index in [1.54, 1.807) is 0 Å². The van der Waals surface area contributed by atoms with Crippen molar-refractivity contribution in [3.05, 3.63) is 0 Å². The zero-order valence-electron chi connectivity index (χ0n) is 9.37. The highest BCUT2D eigenvalue weighted by Gasteiger charge is 2.39. The largest absolute Gasteiger partial charge is 0.381 e. The van der Waals surface area contributed by atoms with Gasteiger partial charge >= 0.3 is 0 Å². The summed E-state index contributed by atoms with van der Waals surface area (Å²) in [5.41, 5.74) is 5.72. The number of primary amides is 1. The summed E-state index contributed by atoms with van der Waals surface area (Å²) in [4.78, 5) is 13.3. The van der Waals surface area contributed by atoms with E-state index in [2.05, 4.69) is 4.90 Å². The molecule has 1 atom stereocenters. The lowest BCUT2D eigenvalue weighted by Crippen LogP contribution is -2.49. The number of likely N-dealkylation sites (tertiary alicyclic amines) is 1. The molecule has 86 valence electrons. The van der Waals surface area contributed by atoms with E-state index in [-0.39, 0.29) is 11.9 Å². The van der Waals surface area contributed by atoms with Gasteiger partial charge in [0.15, 0.2) is 0 Å². The Morgan fingerprint density at radius 3 is 2.53 bits per heavy atom. The van der Waals surface area contributed by atoms with Gasteiger partial charge in [-0.3, -0.25) is 9.69 Å². The van der Waals surface area contributed by atoms with Crippen molar-refractivity contribution < 1.29 is 9.53 Å². The Bertz CT molecular complexity index is 239. The van der Waals surface area contributed by atoms with Crippen LogP contribution in [0.1, 0.15) is 26.2 Å².